The summed E-state index contributed by atoms with van der Waals surface area (Å²) in [4.78, 5) is 2.35. The van der Waals surface area contributed by atoms with Crippen molar-refractivity contribution in [3.05, 3.63) is 0 Å². The first-order valence-corrected chi connectivity index (χ1v) is 5.39. The molecular weight excluding hydrogens is 165 g/mol. The van der Waals surface area contributed by atoms with Gasteiger partial charge in [0.1, 0.15) is 6.17 Å². The Labute approximate surface area is 82.3 Å². The van der Waals surface area contributed by atoms with Gasteiger partial charge in [0.25, 0.3) is 0 Å². The SMILES string of the molecule is CC.CC(C)(C)N1CCC(F)CC1. The maximum Gasteiger partial charge on any atom is 0.103 e. The second-order valence-corrected chi connectivity index (χ2v) is 4.33. The van der Waals surface area contributed by atoms with Gasteiger partial charge >= 0.3 is 0 Å². The third kappa shape index (κ3) is 4.61. The molecule has 0 aromatic heterocycles. The molecule has 0 amide bonds. The minimum absolute atomic E-state index is 0.222. The lowest BCUT2D eigenvalue weighted by Gasteiger charge is -2.39. The van der Waals surface area contributed by atoms with E-state index < -0.39 is 6.17 Å². The van der Waals surface area contributed by atoms with Crippen LogP contribution < -0.4 is 0 Å². The molecule has 0 spiro atoms. The van der Waals surface area contributed by atoms with Crippen molar-refractivity contribution >= 4 is 0 Å². The maximum atomic E-state index is 12.7. The van der Waals surface area contributed by atoms with Crippen molar-refractivity contribution in [2.45, 2.75) is 59.2 Å². The summed E-state index contributed by atoms with van der Waals surface area (Å²) < 4.78 is 12.7. The number of piperidine rings is 1. The van der Waals surface area contributed by atoms with Crippen LogP contribution in [0.5, 0.6) is 0 Å². The topological polar surface area (TPSA) is 3.24 Å². The molecule has 1 heterocycles. The molecule has 0 N–H and O–H groups in total. The van der Waals surface area contributed by atoms with Crippen LogP contribution in [-0.2, 0) is 0 Å². The molecule has 2 heteroatoms. The molecule has 0 aromatic carbocycles. The first-order chi connectivity index (χ1) is 6.00. The van der Waals surface area contributed by atoms with Crippen LogP contribution in [-0.4, -0.2) is 29.7 Å². The van der Waals surface area contributed by atoms with Gasteiger partial charge < -0.3 is 0 Å². The van der Waals surface area contributed by atoms with Crippen LogP contribution in [0.2, 0.25) is 0 Å². The summed E-state index contributed by atoms with van der Waals surface area (Å²) in [7, 11) is 0. The lowest BCUT2D eigenvalue weighted by Crippen LogP contribution is -2.46. The van der Waals surface area contributed by atoms with E-state index in [4.69, 9.17) is 0 Å². The summed E-state index contributed by atoms with van der Waals surface area (Å²) in [5.74, 6) is 0. The molecule has 0 aromatic rings. The van der Waals surface area contributed by atoms with Crippen LogP contribution in [0.25, 0.3) is 0 Å². The molecule has 0 bridgehead atoms. The Bertz CT molecular complexity index is 121. The van der Waals surface area contributed by atoms with Crippen molar-refractivity contribution in [2.24, 2.45) is 0 Å². The number of nitrogens with zero attached hydrogens (tertiary/aromatic N) is 1. The van der Waals surface area contributed by atoms with Crippen LogP contribution in [0.4, 0.5) is 4.39 Å². The molecule has 1 aliphatic rings. The molecule has 0 atom stereocenters. The molecule has 1 nitrogen and oxygen atoms in total. The van der Waals surface area contributed by atoms with Crippen molar-refractivity contribution in [1.82, 2.24) is 4.90 Å². The molecule has 0 aliphatic carbocycles. The fourth-order valence-electron chi connectivity index (χ4n) is 1.52. The van der Waals surface area contributed by atoms with E-state index in [0.29, 0.717) is 0 Å². The molecule has 1 fully saturated rings. The second-order valence-electron chi connectivity index (χ2n) is 4.33. The van der Waals surface area contributed by atoms with Gasteiger partial charge in [-0.05, 0) is 33.6 Å². The minimum Gasteiger partial charge on any atom is -0.298 e. The van der Waals surface area contributed by atoms with E-state index in [9.17, 15) is 4.39 Å². The number of likely N-dealkylation sites (tertiary alicyclic amines) is 1. The van der Waals surface area contributed by atoms with E-state index in [0.717, 1.165) is 25.9 Å². The van der Waals surface area contributed by atoms with Crippen molar-refractivity contribution in [2.75, 3.05) is 13.1 Å². The van der Waals surface area contributed by atoms with E-state index in [1.165, 1.54) is 0 Å². The predicted octanol–water partition coefficient (Wildman–Crippen LogP) is 3.25. The Balaban J connectivity index is 0.000000671. The molecule has 1 aliphatic heterocycles. The fraction of sp³-hybridized carbons (Fsp3) is 1.00. The van der Waals surface area contributed by atoms with Crippen LogP contribution in [0, 0.1) is 0 Å². The van der Waals surface area contributed by atoms with Gasteiger partial charge in [-0.2, -0.15) is 0 Å². The normalized spacial score (nSPS) is 20.8. The summed E-state index contributed by atoms with van der Waals surface area (Å²) in [5, 5.41) is 0. The number of halogens is 1. The molecular formula is C11H24FN. The Hall–Kier alpha value is -0.110. The molecule has 80 valence electrons. The van der Waals surface area contributed by atoms with Crippen molar-refractivity contribution < 1.29 is 4.39 Å². The van der Waals surface area contributed by atoms with Crippen LogP contribution in [0.3, 0.4) is 0 Å². The fourth-order valence-corrected chi connectivity index (χ4v) is 1.52. The van der Waals surface area contributed by atoms with Crippen molar-refractivity contribution in [3.63, 3.8) is 0 Å². The average Bonchev–Trinajstić information content (AvgIpc) is 2.07. The van der Waals surface area contributed by atoms with Crippen molar-refractivity contribution in [3.8, 4) is 0 Å². The number of hydrogen-bond donors (Lipinski definition) is 0. The van der Waals surface area contributed by atoms with E-state index in [1.54, 1.807) is 0 Å². The first-order valence-electron chi connectivity index (χ1n) is 5.39. The smallest absolute Gasteiger partial charge is 0.103 e. The average molecular weight is 189 g/mol. The first kappa shape index (κ1) is 12.9. The highest BCUT2D eigenvalue weighted by Crippen LogP contribution is 2.21. The van der Waals surface area contributed by atoms with Gasteiger partial charge in [-0.1, -0.05) is 13.8 Å². The number of alkyl halides is 1. The summed E-state index contributed by atoms with van der Waals surface area (Å²) in [6, 6.07) is 0. The zero-order chi connectivity index (χ0) is 10.5. The zero-order valence-corrected chi connectivity index (χ0v) is 9.73. The predicted molar refractivity (Wildman–Crippen MR) is 56.8 cm³/mol. The maximum absolute atomic E-state index is 12.7. The Kier molecular flexibility index (Phi) is 5.54. The minimum atomic E-state index is -0.548. The van der Waals surface area contributed by atoms with E-state index in [1.807, 2.05) is 13.8 Å². The van der Waals surface area contributed by atoms with E-state index in [2.05, 4.69) is 25.7 Å². The third-order valence-corrected chi connectivity index (χ3v) is 2.37. The molecule has 0 unspecified atom stereocenters. The van der Waals surface area contributed by atoms with E-state index >= 15 is 0 Å². The summed E-state index contributed by atoms with van der Waals surface area (Å²) in [6.45, 7) is 12.4. The highest BCUT2D eigenvalue weighted by Gasteiger charge is 2.26. The van der Waals surface area contributed by atoms with Crippen LogP contribution in [0.15, 0.2) is 0 Å². The van der Waals surface area contributed by atoms with Gasteiger partial charge in [0, 0.05) is 18.6 Å². The Morgan fingerprint density at radius 1 is 1.08 bits per heavy atom. The number of rotatable bonds is 0. The molecule has 1 saturated heterocycles. The summed E-state index contributed by atoms with van der Waals surface area (Å²) >= 11 is 0. The summed E-state index contributed by atoms with van der Waals surface area (Å²) in [5.41, 5.74) is 0.222. The van der Waals surface area contributed by atoms with Gasteiger partial charge in [-0.3, -0.25) is 4.90 Å². The highest BCUT2D eigenvalue weighted by molar-refractivity contribution is 4.81. The van der Waals surface area contributed by atoms with Gasteiger partial charge in [-0.25, -0.2) is 4.39 Å². The van der Waals surface area contributed by atoms with Crippen LogP contribution >= 0.6 is 0 Å². The second kappa shape index (κ2) is 5.58. The Morgan fingerprint density at radius 2 is 1.46 bits per heavy atom. The lowest BCUT2D eigenvalue weighted by atomic mass is 10.0. The third-order valence-electron chi connectivity index (χ3n) is 2.37. The van der Waals surface area contributed by atoms with Gasteiger partial charge in [0.2, 0.25) is 0 Å². The van der Waals surface area contributed by atoms with Crippen LogP contribution in [0.1, 0.15) is 47.5 Å². The molecule has 0 radical (unpaired) electrons. The summed E-state index contributed by atoms with van der Waals surface area (Å²) in [6.07, 6.45) is 0.891. The standard InChI is InChI=1S/C9H18FN.C2H6/c1-9(2,3)11-6-4-8(10)5-7-11;1-2/h8H,4-7H2,1-3H3;1-2H3. The lowest BCUT2D eigenvalue weighted by molar-refractivity contribution is 0.0741. The largest absolute Gasteiger partial charge is 0.298 e. The highest BCUT2D eigenvalue weighted by atomic mass is 19.1. The molecule has 13 heavy (non-hydrogen) atoms. The molecule has 0 saturated carbocycles. The van der Waals surface area contributed by atoms with Crippen molar-refractivity contribution in [1.29, 1.82) is 0 Å². The Morgan fingerprint density at radius 3 is 1.77 bits per heavy atom. The van der Waals surface area contributed by atoms with Gasteiger partial charge in [0.05, 0.1) is 0 Å². The quantitative estimate of drug-likeness (QED) is 0.565. The van der Waals surface area contributed by atoms with Gasteiger partial charge in [0.15, 0.2) is 0 Å². The molecule has 1 rings (SSSR count). The zero-order valence-electron chi connectivity index (χ0n) is 9.73. The van der Waals surface area contributed by atoms with Gasteiger partial charge in [-0.15, -0.1) is 0 Å². The van der Waals surface area contributed by atoms with E-state index in [-0.39, 0.29) is 5.54 Å². The number of hydrogen-bond acceptors (Lipinski definition) is 1. The monoisotopic (exact) mass is 189 g/mol.